The molecule has 0 spiro atoms. The molecule has 10 nitrogen and oxygen atoms in total. The minimum Gasteiger partial charge on any atom is -0.507 e. The molecule has 0 amide bonds. The van der Waals surface area contributed by atoms with E-state index in [2.05, 4.69) is 0 Å². The van der Waals surface area contributed by atoms with E-state index in [1.165, 1.54) is 20.3 Å². The Morgan fingerprint density at radius 2 is 1.90 bits per heavy atom. The van der Waals surface area contributed by atoms with E-state index in [0.717, 1.165) is 0 Å². The number of phenolic OH excluding ortho intramolecular Hbond substituents is 1. The SMILES string of the molecule is COc1cc(O)c2c(=O)oc(CC(C)OC3OC(CO)C(OC)C(O)C3O)cc2c1. The topological polar surface area (TPSA) is 148 Å². The normalized spacial score (nSPS) is 27.9. The van der Waals surface area contributed by atoms with Crippen LogP contribution in [0.25, 0.3) is 10.8 Å². The average molecular weight is 426 g/mol. The molecule has 0 bridgehead atoms. The minimum absolute atomic E-state index is 0.0404. The van der Waals surface area contributed by atoms with Gasteiger partial charge in [-0.1, -0.05) is 0 Å². The van der Waals surface area contributed by atoms with E-state index in [1.807, 2.05) is 0 Å². The highest BCUT2D eigenvalue weighted by atomic mass is 16.7. The second-order valence-corrected chi connectivity index (χ2v) is 7.17. The van der Waals surface area contributed by atoms with E-state index in [9.17, 15) is 25.2 Å². The summed E-state index contributed by atoms with van der Waals surface area (Å²) in [6, 6.07) is 4.51. The first-order valence-electron chi connectivity index (χ1n) is 9.43. The molecule has 1 aliphatic heterocycles. The van der Waals surface area contributed by atoms with Crippen LogP contribution in [-0.4, -0.2) is 78.1 Å². The smallest absolute Gasteiger partial charge is 0.347 e. The van der Waals surface area contributed by atoms with Crippen molar-refractivity contribution in [3.05, 3.63) is 34.4 Å². The molecule has 1 fully saturated rings. The highest BCUT2D eigenvalue weighted by molar-refractivity contribution is 5.88. The van der Waals surface area contributed by atoms with Crippen LogP contribution in [0.4, 0.5) is 0 Å². The van der Waals surface area contributed by atoms with Gasteiger partial charge >= 0.3 is 5.63 Å². The van der Waals surface area contributed by atoms with E-state index in [0.29, 0.717) is 11.1 Å². The van der Waals surface area contributed by atoms with Crippen molar-refractivity contribution >= 4 is 10.8 Å². The second kappa shape index (κ2) is 9.29. The molecule has 10 heteroatoms. The monoisotopic (exact) mass is 426 g/mol. The number of methoxy groups -OCH3 is 2. The van der Waals surface area contributed by atoms with E-state index in [-0.39, 0.29) is 23.3 Å². The number of rotatable bonds is 7. The fourth-order valence-corrected chi connectivity index (χ4v) is 3.57. The summed E-state index contributed by atoms with van der Waals surface area (Å²) in [5.74, 6) is 0.424. The Kier molecular flexibility index (Phi) is 6.96. The summed E-state index contributed by atoms with van der Waals surface area (Å²) in [6.07, 6.45) is -6.15. The van der Waals surface area contributed by atoms with Crippen LogP contribution >= 0.6 is 0 Å². The van der Waals surface area contributed by atoms with Gasteiger partial charge in [-0.3, -0.25) is 0 Å². The molecule has 0 radical (unpaired) electrons. The first-order chi connectivity index (χ1) is 14.3. The number of aromatic hydroxyl groups is 1. The summed E-state index contributed by atoms with van der Waals surface area (Å²) >= 11 is 0. The van der Waals surface area contributed by atoms with Crippen LogP contribution in [0, 0.1) is 0 Å². The Balaban J connectivity index is 1.76. The van der Waals surface area contributed by atoms with Crippen molar-refractivity contribution in [1.29, 1.82) is 0 Å². The van der Waals surface area contributed by atoms with Crippen molar-refractivity contribution in [1.82, 2.24) is 0 Å². The van der Waals surface area contributed by atoms with Gasteiger partial charge in [0, 0.05) is 19.6 Å². The van der Waals surface area contributed by atoms with Gasteiger partial charge < -0.3 is 43.8 Å². The third-order valence-corrected chi connectivity index (χ3v) is 5.05. The first-order valence-corrected chi connectivity index (χ1v) is 9.43. The fourth-order valence-electron chi connectivity index (χ4n) is 3.57. The molecule has 1 aromatic carbocycles. The van der Waals surface area contributed by atoms with E-state index in [1.54, 1.807) is 19.1 Å². The molecule has 6 unspecified atom stereocenters. The van der Waals surface area contributed by atoms with Gasteiger partial charge in [-0.15, -0.1) is 0 Å². The van der Waals surface area contributed by atoms with Crippen molar-refractivity contribution < 1.29 is 43.8 Å². The molecular weight excluding hydrogens is 400 g/mol. The molecule has 166 valence electrons. The van der Waals surface area contributed by atoms with Crippen molar-refractivity contribution in [2.45, 2.75) is 50.2 Å². The largest absolute Gasteiger partial charge is 0.507 e. The number of hydrogen-bond donors (Lipinski definition) is 4. The number of aliphatic hydroxyl groups excluding tert-OH is 3. The predicted molar refractivity (Wildman–Crippen MR) is 104 cm³/mol. The van der Waals surface area contributed by atoms with Crippen LogP contribution in [-0.2, 0) is 20.6 Å². The van der Waals surface area contributed by atoms with Crippen LogP contribution in [0.3, 0.4) is 0 Å². The number of fused-ring (bicyclic) bond motifs is 1. The minimum atomic E-state index is -1.40. The third-order valence-electron chi connectivity index (χ3n) is 5.05. The number of hydrogen-bond acceptors (Lipinski definition) is 10. The number of ether oxygens (including phenoxy) is 4. The molecule has 1 aromatic heterocycles. The molecule has 6 atom stereocenters. The summed E-state index contributed by atoms with van der Waals surface area (Å²) in [4.78, 5) is 12.3. The lowest BCUT2D eigenvalue weighted by Crippen LogP contribution is -2.60. The summed E-state index contributed by atoms with van der Waals surface area (Å²) < 4.78 is 26.7. The molecule has 1 saturated heterocycles. The maximum Gasteiger partial charge on any atom is 0.347 e. The Labute approximate surface area is 172 Å². The zero-order chi connectivity index (χ0) is 22.0. The van der Waals surface area contributed by atoms with Crippen LogP contribution in [0.5, 0.6) is 11.5 Å². The van der Waals surface area contributed by atoms with Crippen molar-refractivity contribution in [3.8, 4) is 11.5 Å². The highest BCUT2D eigenvalue weighted by Crippen LogP contribution is 2.29. The van der Waals surface area contributed by atoms with Gasteiger partial charge in [-0.25, -0.2) is 4.79 Å². The zero-order valence-electron chi connectivity index (χ0n) is 16.8. The van der Waals surface area contributed by atoms with E-state index < -0.39 is 49.0 Å². The Morgan fingerprint density at radius 3 is 2.53 bits per heavy atom. The summed E-state index contributed by atoms with van der Waals surface area (Å²) in [5, 5.41) is 40.4. The molecular formula is C20H26O10. The molecule has 2 aromatic rings. The van der Waals surface area contributed by atoms with Gasteiger partial charge in [-0.2, -0.15) is 0 Å². The first kappa shape index (κ1) is 22.5. The lowest BCUT2D eigenvalue weighted by Gasteiger charge is -2.41. The molecule has 2 heterocycles. The van der Waals surface area contributed by atoms with E-state index >= 15 is 0 Å². The number of aliphatic hydroxyl groups is 3. The maximum absolute atomic E-state index is 12.3. The Bertz CT molecular complexity index is 924. The average Bonchev–Trinajstić information content (AvgIpc) is 2.70. The zero-order valence-corrected chi connectivity index (χ0v) is 16.8. The Morgan fingerprint density at radius 1 is 1.17 bits per heavy atom. The molecule has 4 N–H and O–H groups in total. The van der Waals surface area contributed by atoms with Gasteiger partial charge in [-0.05, 0) is 24.4 Å². The fraction of sp³-hybridized carbons (Fsp3) is 0.550. The predicted octanol–water partition coefficient (Wildman–Crippen LogP) is -0.0912. The summed E-state index contributed by atoms with van der Waals surface area (Å²) in [5.41, 5.74) is -0.706. The Hall–Kier alpha value is -2.21. The molecule has 0 saturated carbocycles. The number of phenols is 1. The molecule has 0 aliphatic carbocycles. The van der Waals surface area contributed by atoms with Gasteiger partial charge in [0.25, 0.3) is 0 Å². The van der Waals surface area contributed by atoms with Crippen LogP contribution in [0.1, 0.15) is 12.7 Å². The van der Waals surface area contributed by atoms with Crippen molar-refractivity contribution in [3.63, 3.8) is 0 Å². The number of benzene rings is 1. The quantitative estimate of drug-likeness (QED) is 0.473. The van der Waals surface area contributed by atoms with Gasteiger partial charge in [0.15, 0.2) is 6.29 Å². The maximum atomic E-state index is 12.3. The summed E-state index contributed by atoms with van der Waals surface area (Å²) in [6.45, 7) is 1.24. The van der Waals surface area contributed by atoms with Crippen LogP contribution < -0.4 is 10.4 Å². The van der Waals surface area contributed by atoms with Crippen molar-refractivity contribution in [2.24, 2.45) is 0 Å². The van der Waals surface area contributed by atoms with Gasteiger partial charge in [0.2, 0.25) is 0 Å². The molecule has 1 aliphatic rings. The van der Waals surface area contributed by atoms with Crippen LogP contribution in [0.2, 0.25) is 0 Å². The highest BCUT2D eigenvalue weighted by Gasteiger charge is 2.45. The lowest BCUT2D eigenvalue weighted by atomic mass is 9.99. The third kappa shape index (κ3) is 4.43. The molecule has 3 rings (SSSR count). The standard InChI is InChI=1S/C20H26O10/c1-9(28-20-17(24)16(23)18(27-3)14(8-21)30-20)4-12-6-10-5-11(26-2)7-13(22)15(10)19(25)29-12/h5-7,9,14,16-18,20-24H,4,8H2,1-3H3. The summed E-state index contributed by atoms with van der Waals surface area (Å²) in [7, 11) is 2.78. The van der Waals surface area contributed by atoms with Crippen molar-refractivity contribution in [2.75, 3.05) is 20.8 Å². The second-order valence-electron chi connectivity index (χ2n) is 7.17. The van der Waals surface area contributed by atoms with Gasteiger partial charge in [0.05, 0.1) is 19.8 Å². The lowest BCUT2D eigenvalue weighted by molar-refractivity contribution is -0.313. The molecule has 30 heavy (non-hydrogen) atoms. The van der Waals surface area contributed by atoms with Crippen LogP contribution in [0.15, 0.2) is 27.4 Å². The van der Waals surface area contributed by atoms with E-state index in [4.69, 9.17) is 23.4 Å². The van der Waals surface area contributed by atoms with Gasteiger partial charge in [0.1, 0.15) is 47.1 Å².